The molecule has 210 valence electrons. The fraction of sp³-hybridized carbons (Fsp3) is 0.750. The number of anilines is 1. The molecule has 2 N–H and O–H groups in total. The summed E-state index contributed by atoms with van der Waals surface area (Å²) >= 11 is 5.56. The van der Waals surface area contributed by atoms with Gasteiger partial charge in [0.05, 0.1) is 18.3 Å². The highest BCUT2D eigenvalue weighted by atomic mass is 32.1. The van der Waals surface area contributed by atoms with E-state index >= 15 is 0 Å². The predicted octanol–water partition coefficient (Wildman–Crippen LogP) is 5.92. The van der Waals surface area contributed by atoms with Gasteiger partial charge in [0.15, 0.2) is 17.2 Å². The van der Waals surface area contributed by atoms with E-state index in [0.29, 0.717) is 25.5 Å². The Bertz CT molecular complexity index is 830. The minimum atomic E-state index is -0.785. The second-order valence-electron chi connectivity index (χ2n) is 10.3. The standard InChI is InChI=1S/C28H45FN2O5S/c1-5-7-9-13-17-32-19-22(33-18-14-10-8-6-2)24-23(25-26(34-24)36-28(3,4)35-25)31-27(37)30-21-16-12-11-15-20(21)29/h11-12,15-16,22-26H,5-10,13-14,17-19H2,1-4H3,(H2,30,31,37)/t22-,23+,24-,25-,26-/m1/s1. The summed E-state index contributed by atoms with van der Waals surface area (Å²) in [4.78, 5) is 0. The molecule has 2 aliphatic heterocycles. The van der Waals surface area contributed by atoms with Crippen molar-refractivity contribution in [1.82, 2.24) is 5.32 Å². The summed E-state index contributed by atoms with van der Waals surface area (Å²) in [6.07, 6.45) is 7.29. The Kier molecular flexibility index (Phi) is 12.5. The van der Waals surface area contributed by atoms with E-state index in [9.17, 15) is 4.39 Å². The zero-order valence-corrected chi connectivity index (χ0v) is 23.6. The van der Waals surface area contributed by atoms with E-state index in [1.165, 1.54) is 31.7 Å². The van der Waals surface area contributed by atoms with Crippen LogP contribution in [0.2, 0.25) is 0 Å². The van der Waals surface area contributed by atoms with Gasteiger partial charge in [0.2, 0.25) is 0 Å². The Balaban J connectivity index is 1.68. The highest BCUT2D eigenvalue weighted by molar-refractivity contribution is 7.80. The van der Waals surface area contributed by atoms with E-state index in [-0.39, 0.29) is 23.1 Å². The van der Waals surface area contributed by atoms with Crippen molar-refractivity contribution in [3.05, 3.63) is 30.1 Å². The molecule has 2 heterocycles. The van der Waals surface area contributed by atoms with Crippen LogP contribution < -0.4 is 10.6 Å². The van der Waals surface area contributed by atoms with Crippen molar-refractivity contribution in [2.24, 2.45) is 0 Å². The van der Waals surface area contributed by atoms with Gasteiger partial charge < -0.3 is 34.3 Å². The number of nitrogens with one attached hydrogen (secondary N) is 2. The Morgan fingerprint density at radius 3 is 2.43 bits per heavy atom. The molecule has 0 saturated carbocycles. The third-order valence-electron chi connectivity index (χ3n) is 6.63. The molecule has 0 unspecified atom stereocenters. The molecule has 0 aliphatic carbocycles. The van der Waals surface area contributed by atoms with Crippen LogP contribution in [0.1, 0.15) is 79.1 Å². The van der Waals surface area contributed by atoms with Gasteiger partial charge in [0.1, 0.15) is 24.1 Å². The number of rotatable bonds is 16. The fourth-order valence-electron chi connectivity index (χ4n) is 4.72. The lowest BCUT2D eigenvalue weighted by Gasteiger charge is -2.32. The van der Waals surface area contributed by atoms with Crippen LogP contribution in [-0.2, 0) is 23.7 Å². The SMILES string of the molecule is CCCCCCOC[C@@H](OCCCCCC)[C@H]1O[C@@H]2OC(C)(C)O[C@@H]2[C@H]1NC(=S)Nc1ccccc1F. The fourth-order valence-corrected chi connectivity index (χ4v) is 4.97. The number of fused-ring (bicyclic) bond motifs is 1. The largest absolute Gasteiger partial charge is 0.379 e. The first-order chi connectivity index (χ1) is 17.8. The first-order valence-corrected chi connectivity index (χ1v) is 14.3. The summed E-state index contributed by atoms with van der Waals surface area (Å²) in [6, 6.07) is 6.05. The lowest BCUT2D eigenvalue weighted by atomic mass is 10.0. The number of benzene rings is 1. The zero-order valence-electron chi connectivity index (χ0n) is 22.8. The minimum absolute atomic E-state index is 0.278. The third-order valence-corrected chi connectivity index (χ3v) is 6.85. The molecule has 0 spiro atoms. The van der Waals surface area contributed by atoms with Gasteiger partial charge in [-0.3, -0.25) is 0 Å². The predicted molar refractivity (Wildman–Crippen MR) is 147 cm³/mol. The Hall–Kier alpha value is -1.36. The normalized spacial score (nSPS) is 25.1. The highest BCUT2D eigenvalue weighted by Crippen LogP contribution is 2.39. The summed E-state index contributed by atoms with van der Waals surface area (Å²) in [6.45, 7) is 9.81. The highest BCUT2D eigenvalue weighted by Gasteiger charge is 2.57. The number of thiocarbonyl (C=S) groups is 1. The van der Waals surface area contributed by atoms with Gasteiger partial charge in [-0.05, 0) is 51.0 Å². The zero-order chi connectivity index (χ0) is 26.7. The van der Waals surface area contributed by atoms with E-state index < -0.39 is 24.3 Å². The molecule has 2 aliphatic rings. The van der Waals surface area contributed by atoms with Gasteiger partial charge in [-0.25, -0.2) is 4.39 Å². The lowest BCUT2D eigenvalue weighted by Crippen LogP contribution is -2.54. The van der Waals surface area contributed by atoms with Crippen molar-refractivity contribution in [2.75, 3.05) is 25.1 Å². The summed E-state index contributed by atoms with van der Waals surface area (Å²) in [5, 5.41) is 6.55. The number of hydrogen-bond acceptors (Lipinski definition) is 6. The van der Waals surface area contributed by atoms with Crippen molar-refractivity contribution < 1.29 is 28.1 Å². The molecule has 0 amide bonds. The van der Waals surface area contributed by atoms with Crippen LogP contribution in [0, 0.1) is 5.82 Å². The van der Waals surface area contributed by atoms with Crippen LogP contribution in [0.3, 0.4) is 0 Å². The Morgan fingerprint density at radius 1 is 1.03 bits per heavy atom. The van der Waals surface area contributed by atoms with Gasteiger partial charge in [-0.2, -0.15) is 0 Å². The van der Waals surface area contributed by atoms with Crippen LogP contribution in [0.5, 0.6) is 0 Å². The maximum absolute atomic E-state index is 14.2. The number of unbranched alkanes of at least 4 members (excludes halogenated alkanes) is 6. The van der Waals surface area contributed by atoms with Gasteiger partial charge in [0.25, 0.3) is 0 Å². The van der Waals surface area contributed by atoms with E-state index in [1.807, 2.05) is 13.8 Å². The maximum atomic E-state index is 14.2. The first kappa shape index (κ1) is 30.2. The molecular weight excluding hydrogens is 495 g/mol. The Labute approximate surface area is 227 Å². The third kappa shape index (κ3) is 9.41. The molecular formula is C28H45FN2O5S. The van der Waals surface area contributed by atoms with Crippen LogP contribution in [-0.4, -0.2) is 61.4 Å². The van der Waals surface area contributed by atoms with E-state index in [2.05, 4.69) is 24.5 Å². The monoisotopic (exact) mass is 540 g/mol. The quantitative estimate of drug-likeness (QED) is 0.198. The second-order valence-corrected chi connectivity index (χ2v) is 10.7. The van der Waals surface area contributed by atoms with E-state index in [4.69, 9.17) is 35.9 Å². The molecule has 2 fully saturated rings. The molecule has 0 aromatic heterocycles. The van der Waals surface area contributed by atoms with Gasteiger partial charge in [0, 0.05) is 13.2 Å². The lowest BCUT2D eigenvalue weighted by molar-refractivity contribution is -0.222. The average Bonchev–Trinajstić information content (AvgIpc) is 3.33. The number of hydrogen-bond donors (Lipinski definition) is 2. The average molecular weight is 541 g/mol. The summed E-state index contributed by atoms with van der Waals surface area (Å²) < 4.78 is 45.2. The number of para-hydroxylation sites is 1. The van der Waals surface area contributed by atoms with Crippen LogP contribution in [0.4, 0.5) is 10.1 Å². The molecule has 5 atom stereocenters. The van der Waals surface area contributed by atoms with Crippen molar-refractivity contribution in [3.63, 3.8) is 0 Å². The van der Waals surface area contributed by atoms with Gasteiger partial charge >= 0.3 is 0 Å². The minimum Gasteiger partial charge on any atom is -0.379 e. The van der Waals surface area contributed by atoms with Crippen LogP contribution in [0.25, 0.3) is 0 Å². The summed E-state index contributed by atoms with van der Waals surface area (Å²) in [5.41, 5.74) is 0.301. The second kappa shape index (κ2) is 15.3. The molecule has 0 bridgehead atoms. The summed E-state index contributed by atoms with van der Waals surface area (Å²) in [5.74, 6) is -1.16. The van der Waals surface area contributed by atoms with Crippen LogP contribution >= 0.6 is 12.2 Å². The van der Waals surface area contributed by atoms with Crippen molar-refractivity contribution in [2.45, 2.75) is 115 Å². The molecule has 7 nitrogen and oxygen atoms in total. The smallest absolute Gasteiger partial charge is 0.189 e. The molecule has 37 heavy (non-hydrogen) atoms. The molecule has 3 rings (SSSR count). The molecule has 0 radical (unpaired) electrons. The maximum Gasteiger partial charge on any atom is 0.189 e. The van der Waals surface area contributed by atoms with Gasteiger partial charge in [-0.1, -0.05) is 64.5 Å². The van der Waals surface area contributed by atoms with Crippen molar-refractivity contribution in [1.29, 1.82) is 0 Å². The molecule has 1 aromatic carbocycles. The number of ether oxygens (including phenoxy) is 5. The van der Waals surface area contributed by atoms with E-state index in [1.54, 1.807) is 18.2 Å². The topological polar surface area (TPSA) is 70.2 Å². The van der Waals surface area contributed by atoms with Gasteiger partial charge in [-0.15, -0.1) is 0 Å². The van der Waals surface area contributed by atoms with E-state index in [0.717, 1.165) is 25.7 Å². The molecule has 1 aromatic rings. The van der Waals surface area contributed by atoms with Crippen molar-refractivity contribution in [3.8, 4) is 0 Å². The number of halogens is 1. The summed E-state index contributed by atoms with van der Waals surface area (Å²) in [7, 11) is 0. The van der Waals surface area contributed by atoms with Crippen molar-refractivity contribution >= 4 is 23.0 Å². The first-order valence-electron chi connectivity index (χ1n) is 13.9. The van der Waals surface area contributed by atoms with Crippen LogP contribution in [0.15, 0.2) is 24.3 Å². The molecule has 2 saturated heterocycles. The Morgan fingerprint density at radius 2 is 1.73 bits per heavy atom. The molecule has 9 heteroatoms.